The third kappa shape index (κ3) is 1.86. The van der Waals surface area contributed by atoms with Gasteiger partial charge >= 0.3 is 0 Å². The zero-order chi connectivity index (χ0) is 12.8. The van der Waals surface area contributed by atoms with Crippen molar-refractivity contribution in [3.05, 3.63) is 18.3 Å². The summed E-state index contributed by atoms with van der Waals surface area (Å²) in [7, 11) is 0. The minimum atomic E-state index is 0.621. The largest absolute Gasteiger partial charge is 0.397 e. The molecule has 0 bridgehead atoms. The number of anilines is 2. The Morgan fingerprint density at radius 1 is 1.11 bits per heavy atom. The van der Waals surface area contributed by atoms with E-state index in [0.717, 1.165) is 18.8 Å². The first kappa shape index (κ1) is 11.1. The van der Waals surface area contributed by atoms with Gasteiger partial charge in [0.1, 0.15) is 0 Å². The number of benzene rings is 1. The molecule has 4 rings (SSSR count). The van der Waals surface area contributed by atoms with Gasteiger partial charge in [-0.25, -0.2) is 0 Å². The molecule has 1 aromatic carbocycles. The van der Waals surface area contributed by atoms with Crippen LogP contribution in [0.5, 0.6) is 0 Å². The first-order valence-electron chi connectivity index (χ1n) is 7.34. The molecular formula is C15H20N4. The van der Waals surface area contributed by atoms with E-state index in [2.05, 4.69) is 26.8 Å². The maximum absolute atomic E-state index is 6.24. The lowest BCUT2D eigenvalue weighted by atomic mass is 10.1. The lowest BCUT2D eigenvalue weighted by molar-refractivity contribution is 0.578. The molecule has 2 heterocycles. The third-order valence-corrected chi connectivity index (χ3v) is 4.33. The highest BCUT2D eigenvalue weighted by Gasteiger charge is 2.26. The van der Waals surface area contributed by atoms with Gasteiger partial charge in [-0.3, -0.25) is 4.68 Å². The molecule has 0 spiro atoms. The van der Waals surface area contributed by atoms with Crippen LogP contribution in [-0.2, 0) is 0 Å². The van der Waals surface area contributed by atoms with Gasteiger partial charge in [-0.15, -0.1) is 0 Å². The van der Waals surface area contributed by atoms with Crippen LogP contribution in [0.15, 0.2) is 18.3 Å². The van der Waals surface area contributed by atoms with Gasteiger partial charge in [0.15, 0.2) is 0 Å². The van der Waals surface area contributed by atoms with E-state index in [1.54, 1.807) is 0 Å². The molecule has 4 heteroatoms. The van der Waals surface area contributed by atoms with Crippen LogP contribution in [0.3, 0.4) is 0 Å². The molecule has 0 atom stereocenters. The summed E-state index contributed by atoms with van der Waals surface area (Å²) in [5, 5.41) is 5.70. The van der Waals surface area contributed by atoms with Crippen molar-refractivity contribution in [3.8, 4) is 0 Å². The van der Waals surface area contributed by atoms with Gasteiger partial charge in [-0.2, -0.15) is 5.10 Å². The average Bonchev–Trinajstić information content (AvgIpc) is 3.20. The second-order valence-electron chi connectivity index (χ2n) is 5.84. The normalized spacial score (nSPS) is 20.1. The molecule has 1 saturated heterocycles. The van der Waals surface area contributed by atoms with Crippen molar-refractivity contribution in [1.29, 1.82) is 0 Å². The first-order chi connectivity index (χ1) is 9.33. The molecule has 2 fully saturated rings. The molecule has 19 heavy (non-hydrogen) atoms. The molecule has 1 aliphatic carbocycles. The SMILES string of the molecule is Nc1cc2cnn(C3CC3)c2cc1N1CCCCC1. The summed E-state index contributed by atoms with van der Waals surface area (Å²) in [6.07, 6.45) is 8.38. The second kappa shape index (κ2) is 4.15. The fourth-order valence-electron chi connectivity index (χ4n) is 3.12. The quantitative estimate of drug-likeness (QED) is 0.840. The maximum Gasteiger partial charge on any atom is 0.0707 e. The zero-order valence-corrected chi connectivity index (χ0v) is 11.2. The number of aromatic nitrogens is 2. The fourth-order valence-corrected chi connectivity index (χ4v) is 3.12. The van der Waals surface area contributed by atoms with E-state index in [4.69, 9.17) is 5.73 Å². The Morgan fingerprint density at radius 2 is 1.89 bits per heavy atom. The topological polar surface area (TPSA) is 47.1 Å². The van der Waals surface area contributed by atoms with E-state index in [0.29, 0.717) is 6.04 Å². The van der Waals surface area contributed by atoms with Gasteiger partial charge in [0.25, 0.3) is 0 Å². The van der Waals surface area contributed by atoms with Gasteiger partial charge in [0.05, 0.1) is 29.1 Å². The van der Waals surface area contributed by atoms with Gasteiger partial charge in [-0.05, 0) is 44.2 Å². The first-order valence-corrected chi connectivity index (χ1v) is 7.34. The number of piperidine rings is 1. The average molecular weight is 256 g/mol. The number of nitrogens with two attached hydrogens (primary N) is 1. The van der Waals surface area contributed by atoms with E-state index in [-0.39, 0.29) is 0 Å². The molecule has 1 aliphatic heterocycles. The van der Waals surface area contributed by atoms with Crippen LogP contribution < -0.4 is 10.6 Å². The predicted molar refractivity (Wildman–Crippen MR) is 78.5 cm³/mol. The van der Waals surface area contributed by atoms with Crippen molar-refractivity contribution in [2.24, 2.45) is 0 Å². The molecule has 1 saturated carbocycles. The summed E-state index contributed by atoms with van der Waals surface area (Å²) in [6, 6.07) is 4.96. The van der Waals surface area contributed by atoms with E-state index in [1.807, 2.05) is 6.20 Å². The maximum atomic E-state index is 6.24. The zero-order valence-electron chi connectivity index (χ0n) is 11.2. The third-order valence-electron chi connectivity index (χ3n) is 4.33. The summed E-state index contributed by atoms with van der Waals surface area (Å²) in [5.41, 5.74) is 9.58. The van der Waals surface area contributed by atoms with Crippen LogP contribution >= 0.6 is 0 Å². The molecule has 100 valence electrons. The number of hydrogen-bond acceptors (Lipinski definition) is 3. The minimum absolute atomic E-state index is 0.621. The number of nitrogens with zero attached hydrogens (tertiary/aromatic N) is 3. The van der Waals surface area contributed by atoms with Gasteiger partial charge in [0, 0.05) is 18.5 Å². The Labute approximate surface area is 113 Å². The number of rotatable bonds is 2. The smallest absolute Gasteiger partial charge is 0.0707 e. The van der Waals surface area contributed by atoms with Crippen LogP contribution in [0, 0.1) is 0 Å². The van der Waals surface area contributed by atoms with Crippen molar-refractivity contribution < 1.29 is 0 Å². The Kier molecular flexibility index (Phi) is 2.43. The highest BCUT2D eigenvalue weighted by Crippen LogP contribution is 2.39. The van der Waals surface area contributed by atoms with Crippen molar-refractivity contribution in [3.63, 3.8) is 0 Å². The van der Waals surface area contributed by atoms with Crippen molar-refractivity contribution >= 4 is 22.3 Å². The molecule has 2 aromatic rings. The van der Waals surface area contributed by atoms with Crippen LogP contribution in [0.4, 0.5) is 11.4 Å². The lowest BCUT2D eigenvalue weighted by Crippen LogP contribution is -2.30. The van der Waals surface area contributed by atoms with Crippen LogP contribution in [0.2, 0.25) is 0 Å². The Morgan fingerprint density at radius 3 is 2.63 bits per heavy atom. The van der Waals surface area contributed by atoms with E-state index >= 15 is 0 Å². The number of hydrogen-bond donors (Lipinski definition) is 1. The Balaban J connectivity index is 1.80. The molecule has 0 amide bonds. The van der Waals surface area contributed by atoms with E-state index in [9.17, 15) is 0 Å². The molecule has 0 unspecified atom stereocenters. The van der Waals surface area contributed by atoms with Gasteiger partial charge in [0.2, 0.25) is 0 Å². The summed E-state index contributed by atoms with van der Waals surface area (Å²) >= 11 is 0. The van der Waals surface area contributed by atoms with Crippen molar-refractivity contribution in [2.75, 3.05) is 23.7 Å². The number of fused-ring (bicyclic) bond motifs is 1. The number of nitrogen functional groups attached to an aromatic ring is 1. The minimum Gasteiger partial charge on any atom is -0.397 e. The standard InChI is InChI=1S/C15H20N4/c16-13-8-11-10-17-19(12-4-5-12)14(11)9-15(13)18-6-2-1-3-7-18/h8-10,12H,1-7,16H2. The predicted octanol–water partition coefficient (Wildman–Crippen LogP) is 2.94. The summed E-state index contributed by atoms with van der Waals surface area (Å²) in [4.78, 5) is 2.43. The molecule has 4 nitrogen and oxygen atoms in total. The molecular weight excluding hydrogens is 236 g/mol. The molecule has 2 N–H and O–H groups in total. The monoisotopic (exact) mass is 256 g/mol. The van der Waals surface area contributed by atoms with E-state index < -0.39 is 0 Å². The Hall–Kier alpha value is -1.71. The van der Waals surface area contributed by atoms with Crippen LogP contribution in [-0.4, -0.2) is 22.9 Å². The fraction of sp³-hybridized carbons (Fsp3) is 0.533. The molecule has 1 aromatic heterocycles. The highest BCUT2D eigenvalue weighted by molar-refractivity contribution is 5.89. The van der Waals surface area contributed by atoms with Gasteiger partial charge < -0.3 is 10.6 Å². The van der Waals surface area contributed by atoms with Crippen molar-refractivity contribution in [2.45, 2.75) is 38.1 Å². The molecule has 0 radical (unpaired) electrons. The Bertz CT molecular complexity index is 606. The molecule has 2 aliphatic rings. The van der Waals surface area contributed by atoms with Crippen LogP contribution in [0.25, 0.3) is 10.9 Å². The van der Waals surface area contributed by atoms with E-state index in [1.165, 1.54) is 48.7 Å². The van der Waals surface area contributed by atoms with Crippen LogP contribution in [0.1, 0.15) is 38.1 Å². The summed E-state index contributed by atoms with van der Waals surface area (Å²) in [5.74, 6) is 0. The second-order valence-corrected chi connectivity index (χ2v) is 5.84. The summed E-state index contributed by atoms with van der Waals surface area (Å²) < 4.78 is 2.18. The van der Waals surface area contributed by atoms with Crippen molar-refractivity contribution in [1.82, 2.24) is 9.78 Å². The highest BCUT2D eigenvalue weighted by atomic mass is 15.3. The summed E-state index contributed by atoms with van der Waals surface area (Å²) in [6.45, 7) is 2.26. The lowest BCUT2D eigenvalue weighted by Gasteiger charge is -2.30. The van der Waals surface area contributed by atoms with Gasteiger partial charge in [-0.1, -0.05) is 0 Å².